The predicted octanol–water partition coefficient (Wildman–Crippen LogP) is 3.33. The van der Waals surface area contributed by atoms with Gasteiger partial charge in [0.1, 0.15) is 11.3 Å². The number of hydrogen-bond acceptors (Lipinski definition) is 4. The molecular weight excluding hydrogens is 244 g/mol. The molecule has 0 saturated heterocycles. The van der Waals surface area contributed by atoms with Crippen LogP contribution in [0.5, 0.6) is 0 Å². The summed E-state index contributed by atoms with van der Waals surface area (Å²) in [7, 11) is 0. The van der Waals surface area contributed by atoms with Crippen molar-refractivity contribution in [3.8, 4) is 6.07 Å². The van der Waals surface area contributed by atoms with Gasteiger partial charge in [-0.25, -0.2) is 0 Å². The summed E-state index contributed by atoms with van der Waals surface area (Å²) >= 11 is 1.90. The third-order valence-electron chi connectivity index (χ3n) is 3.29. The second kappa shape index (κ2) is 5.81. The summed E-state index contributed by atoms with van der Waals surface area (Å²) in [5.74, 6) is 1.92. The molecule has 1 saturated carbocycles. The van der Waals surface area contributed by atoms with Crippen LogP contribution in [-0.4, -0.2) is 16.8 Å². The number of thioether (sulfide) groups is 1. The molecule has 18 heavy (non-hydrogen) atoms. The number of furan rings is 1. The second-order valence-electron chi connectivity index (χ2n) is 5.25. The van der Waals surface area contributed by atoms with Gasteiger partial charge in [0.05, 0.1) is 18.1 Å². The van der Waals surface area contributed by atoms with Crippen LogP contribution in [0, 0.1) is 11.3 Å². The van der Waals surface area contributed by atoms with E-state index >= 15 is 0 Å². The maximum Gasteiger partial charge on any atom is 0.113 e. The van der Waals surface area contributed by atoms with E-state index in [1.165, 1.54) is 0 Å². The van der Waals surface area contributed by atoms with Crippen LogP contribution in [-0.2, 0) is 5.75 Å². The Balaban J connectivity index is 1.85. The van der Waals surface area contributed by atoms with E-state index in [4.69, 9.17) is 4.42 Å². The summed E-state index contributed by atoms with van der Waals surface area (Å²) < 4.78 is 5.33. The Morgan fingerprint density at radius 2 is 2.50 bits per heavy atom. The Morgan fingerprint density at radius 1 is 1.67 bits per heavy atom. The molecule has 0 spiro atoms. The molecule has 1 aromatic heterocycles. The summed E-state index contributed by atoms with van der Waals surface area (Å²) in [6.45, 7) is 4.20. The molecule has 1 aliphatic rings. The van der Waals surface area contributed by atoms with E-state index in [0.29, 0.717) is 11.3 Å². The predicted molar refractivity (Wildman–Crippen MR) is 74.3 cm³/mol. The normalized spacial score (nSPS) is 27.6. The average Bonchev–Trinajstić information content (AvgIpc) is 2.95. The van der Waals surface area contributed by atoms with Crippen molar-refractivity contribution in [2.45, 2.75) is 55.7 Å². The largest absolute Gasteiger partial charge is 0.468 e. The van der Waals surface area contributed by atoms with Gasteiger partial charge in [0, 0.05) is 11.3 Å². The first-order chi connectivity index (χ1) is 8.63. The summed E-state index contributed by atoms with van der Waals surface area (Å²) in [5, 5.41) is 13.4. The van der Waals surface area contributed by atoms with Gasteiger partial charge in [-0.2, -0.15) is 17.0 Å². The van der Waals surface area contributed by atoms with E-state index < -0.39 is 0 Å². The first kappa shape index (κ1) is 13.5. The highest BCUT2D eigenvalue weighted by Crippen LogP contribution is 2.38. The zero-order valence-corrected chi connectivity index (χ0v) is 11.8. The SMILES string of the molecule is CC(C)NC1(C#N)CCC(SCc2ccco2)C1. The van der Waals surface area contributed by atoms with Crippen molar-refractivity contribution >= 4 is 11.8 Å². The molecule has 0 aliphatic heterocycles. The average molecular weight is 264 g/mol. The Hall–Kier alpha value is -0.920. The topological polar surface area (TPSA) is 49.0 Å². The lowest BCUT2D eigenvalue weighted by Crippen LogP contribution is -2.45. The minimum absolute atomic E-state index is 0.311. The lowest BCUT2D eigenvalue weighted by Gasteiger charge is -2.25. The van der Waals surface area contributed by atoms with Crippen molar-refractivity contribution in [2.75, 3.05) is 0 Å². The summed E-state index contributed by atoms with van der Waals surface area (Å²) in [4.78, 5) is 0. The fourth-order valence-corrected chi connectivity index (χ4v) is 3.81. The molecule has 2 unspecified atom stereocenters. The minimum atomic E-state index is -0.311. The zero-order chi connectivity index (χ0) is 13.0. The lowest BCUT2D eigenvalue weighted by molar-refractivity contribution is 0.386. The van der Waals surface area contributed by atoms with Gasteiger partial charge in [0.15, 0.2) is 0 Å². The van der Waals surface area contributed by atoms with E-state index in [-0.39, 0.29) is 5.54 Å². The van der Waals surface area contributed by atoms with Crippen molar-refractivity contribution in [1.82, 2.24) is 5.32 Å². The van der Waals surface area contributed by atoms with Gasteiger partial charge >= 0.3 is 0 Å². The number of hydrogen-bond donors (Lipinski definition) is 1. The molecule has 4 heteroatoms. The van der Waals surface area contributed by atoms with Crippen LogP contribution in [0.1, 0.15) is 38.9 Å². The van der Waals surface area contributed by atoms with Crippen LogP contribution < -0.4 is 5.32 Å². The zero-order valence-electron chi connectivity index (χ0n) is 11.0. The summed E-state index contributed by atoms with van der Waals surface area (Å²) in [6.07, 6.45) is 4.72. The van der Waals surface area contributed by atoms with Crippen molar-refractivity contribution < 1.29 is 4.42 Å². The van der Waals surface area contributed by atoms with E-state index in [1.54, 1.807) is 6.26 Å². The molecule has 3 nitrogen and oxygen atoms in total. The van der Waals surface area contributed by atoms with Crippen molar-refractivity contribution in [1.29, 1.82) is 5.26 Å². The molecule has 98 valence electrons. The van der Waals surface area contributed by atoms with E-state index in [2.05, 4.69) is 25.2 Å². The maximum atomic E-state index is 9.40. The van der Waals surface area contributed by atoms with Crippen molar-refractivity contribution in [3.05, 3.63) is 24.2 Å². The van der Waals surface area contributed by atoms with Crippen LogP contribution in [0.25, 0.3) is 0 Å². The fourth-order valence-electron chi connectivity index (χ4n) is 2.55. The second-order valence-corrected chi connectivity index (χ2v) is 6.54. The molecule has 1 heterocycles. The molecule has 0 bridgehead atoms. The highest BCUT2D eigenvalue weighted by atomic mass is 32.2. The highest BCUT2D eigenvalue weighted by molar-refractivity contribution is 7.99. The van der Waals surface area contributed by atoms with E-state index in [9.17, 15) is 5.26 Å². The van der Waals surface area contributed by atoms with Crippen molar-refractivity contribution in [2.24, 2.45) is 0 Å². The van der Waals surface area contributed by atoms with Gasteiger partial charge in [-0.1, -0.05) is 0 Å². The van der Waals surface area contributed by atoms with E-state index in [1.807, 2.05) is 23.9 Å². The number of nitrogens with one attached hydrogen (secondary N) is 1. The fraction of sp³-hybridized carbons (Fsp3) is 0.643. The summed E-state index contributed by atoms with van der Waals surface area (Å²) in [5.41, 5.74) is -0.311. The number of rotatable bonds is 5. The third-order valence-corrected chi connectivity index (χ3v) is 4.61. The smallest absolute Gasteiger partial charge is 0.113 e. The van der Waals surface area contributed by atoms with Gasteiger partial charge in [-0.05, 0) is 45.2 Å². The Bertz CT molecular complexity index is 410. The van der Waals surface area contributed by atoms with Gasteiger partial charge in [0.25, 0.3) is 0 Å². The van der Waals surface area contributed by atoms with Crippen LogP contribution in [0.4, 0.5) is 0 Å². The number of nitriles is 1. The van der Waals surface area contributed by atoms with Gasteiger partial charge < -0.3 is 4.42 Å². The van der Waals surface area contributed by atoms with Gasteiger partial charge in [-0.15, -0.1) is 0 Å². The standard InChI is InChI=1S/C14H20N2OS/c1-11(2)16-14(10-15)6-5-13(8-14)18-9-12-4-3-7-17-12/h3-4,7,11,13,16H,5-6,8-9H2,1-2H3. The summed E-state index contributed by atoms with van der Waals surface area (Å²) in [6, 6.07) is 6.77. The molecular formula is C14H20N2OS. The number of nitrogens with zero attached hydrogens (tertiary/aromatic N) is 1. The minimum Gasteiger partial charge on any atom is -0.468 e. The Morgan fingerprint density at radius 3 is 3.11 bits per heavy atom. The molecule has 1 aromatic rings. The first-order valence-corrected chi connectivity index (χ1v) is 7.51. The maximum absolute atomic E-state index is 9.40. The van der Waals surface area contributed by atoms with Gasteiger partial charge in [-0.3, -0.25) is 5.32 Å². The monoisotopic (exact) mass is 264 g/mol. The molecule has 1 fully saturated rings. The molecule has 0 amide bonds. The van der Waals surface area contributed by atoms with Crippen LogP contribution >= 0.6 is 11.8 Å². The molecule has 2 atom stereocenters. The first-order valence-electron chi connectivity index (χ1n) is 6.46. The molecule has 1 N–H and O–H groups in total. The van der Waals surface area contributed by atoms with Crippen LogP contribution in [0.3, 0.4) is 0 Å². The van der Waals surface area contributed by atoms with Crippen molar-refractivity contribution in [3.63, 3.8) is 0 Å². The van der Waals surface area contributed by atoms with Crippen LogP contribution in [0.15, 0.2) is 22.8 Å². The Labute approximate surface area is 113 Å². The highest BCUT2D eigenvalue weighted by Gasteiger charge is 2.39. The molecule has 2 rings (SSSR count). The molecule has 0 aromatic carbocycles. The quantitative estimate of drug-likeness (QED) is 0.886. The third kappa shape index (κ3) is 3.30. The van der Waals surface area contributed by atoms with Gasteiger partial charge in [0.2, 0.25) is 0 Å². The van der Waals surface area contributed by atoms with E-state index in [0.717, 1.165) is 30.8 Å². The molecule has 1 aliphatic carbocycles. The lowest BCUT2D eigenvalue weighted by atomic mass is 9.99. The Kier molecular flexibility index (Phi) is 4.36. The van der Waals surface area contributed by atoms with Crippen LogP contribution in [0.2, 0.25) is 0 Å². The molecule has 0 radical (unpaired) electrons.